The standard InChI is InChI=1S/C16H15ClN2O/c1-9-14(18-16(10-2-3-10)19-15(9)17)12-4-5-13-11(8-12)6-7-20-13/h4-5,8,10H,2-3,6-7H2,1H3. The lowest BCUT2D eigenvalue weighted by molar-refractivity contribution is 0.357. The van der Waals surface area contributed by atoms with Gasteiger partial charge in [0.2, 0.25) is 0 Å². The lowest BCUT2D eigenvalue weighted by atomic mass is 10.0. The van der Waals surface area contributed by atoms with Gasteiger partial charge in [0, 0.05) is 23.5 Å². The van der Waals surface area contributed by atoms with E-state index in [1.165, 1.54) is 18.4 Å². The molecule has 0 atom stereocenters. The van der Waals surface area contributed by atoms with Crippen LogP contribution in [0.25, 0.3) is 11.3 Å². The lowest BCUT2D eigenvalue weighted by Crippen LogP contribution is -1.99. The third-order valence-electron chi connectivity index (χ3n) is 4.01. The van der Waals surface area contributed by atoms with Crippen LogP contribution in [0.4, 0.5) is 0 Å². The van der Waals surface area contributed by atoms with Gasteiger partial charge in [-0.1, -0.05) is 11.6 Å². The highest BCUT2D eigenvalue weighted by Gasteiger charge is 2.28. The second-order valence-electron chi connectivity index (χ2n) is 5.54. The minimum Gasteiger partial charge on any atom is -0.493 e. The fourth-order valence-electron chi connectivity index (χ4n) is 2.64. The van der Waals surface area contributed by atoms with Crippen molar-refractivity contribution in [3.63, 3.8) is 0 Å². The number of hydrogen-bond acceptors (Lipinski definition) is 3. The Morgan fingerprint density at radius 3 is 2.90 bits per heavy atom. The summed E-state index contributed by atoms with van der Waals surface area (Å²) in [6.45, 7) is 2.76. The van der Waals surface area contributed by atoms with Gasteiger partial charge in [0.05, 0.1) is 12.3 Å². The molecule has 0 saturated heterocycles. The number of aromatic nitrogens is 2. The van der Waals surface area contributed by atoms with Crippen LogP contribution < -0.4 is 4.74 Å². The van der Waals surface area contributed by atoms with Crippen molar-refractivity contribution in [3.8, 4) is 17.0 Å². The van der Waals surface area contributed by atoms with Gasteiger partial charge in [-0.2, -0.15) is 0 Å². The molecule has 1 aromatic heterocycles. The number of rotatable bonds is 2. The molecular formula is C16H15ClN2O. The van der Waals surface area contributed by atoms with E-state index in [2.05, 4.69) is 17.1 Å². The average molecular weight is 287 g/mol. The van der Waals surface area contributed by atoms with E-state index in [-0.39, 0.29) is 0 Å². The van der Waals surface area contributed by atoms with E-state index in [0.29, 0.717) is 11.1 Å². The maximum absolute atomic E-state index is 6.28. The van der Waals surface area contributed by atoms with Crippen LogP contribution in [0.3, 0.4) is 0 Å². The molecule has 0 spiro atoms. The number of benzene rings is 1. The van der Waals surface area contributed by atoms with Crippen molar-refractivity contribution in [2.24, 2.45) is 0 Å². The summed E-state index contributed by atoms with van der Waals surface area (Å²) in [5.74, 6) is 2.39. The summed E-state index contributed by atoms with van der Waals surface area (Å²) in [6.07, 6.45) is 3.32. The van der Waals surface area contributed by atoms with E-state index in [4.69, 9.17) is 21.3 Å². The summed E-state index contributed by atoms with van der Waals surface area (Å²) in [7, 11) is 0. The second kappa shape index (κ2) is 4.45. The van der Waals surface area contributed by atoms with Gasteiger partial charge in [-0.05, 0) is 43.5 Å². The van der Waals surface area contributed by atoms with Crippen LogP contribution in [0, 0.1) is 6.92 Å². The van der Waals surface area contributed by atoms with E-state index in [9.17, 15) is 0 Å². The van der Waals surface area contributed by atoms with Crippen molar-refractivity contribution in [2.45, 2.75) is 32.1 Å². The number of ether oxygens (including phenoxy) is 1. The summed E-state index contributed by atoms with van der Waals surface area (Å²) in [6, 6.07) is 6.26. The zero-order valence-electron chi connectivity index (χ0n) is 11.3. The summed E-state index contributed by atoms with van der Waals surface area (Å²) >= 11 is 6.28. The summed E-state index contributed by atoms with van der Waals surface area (Å²) in [4.78, 5) is 9.18. The predicted octanol–water partition coefficient (Wildman–Crippen LogP) is 3.92. The molecule has 4 heteroatoms. The van der Waals surface area contributed by atoms with Gasteiger partial charge in [-0.25, -0.2) is 9.97 Å². The van der Waals surface area contributed by atoms with Crippen molar-refractivity contribution in [1.82, 2.24) is 9.97 Å². The lowest BCUT2D eigenvalue weighted by Gasteiger charge is -2.10. The predicted molar refractivity (Wildman–Crippen MR) is 78.4 cm³/mol. The molecule has 0 radical (unpaired) electrons. The van der Waals surface area contributed by atoms with Gasteiger partial charge in [0.15, 0.2) is 0 Å². The molecule has 1 fully saturated rings. The monoisotopic (exact) mass is 286 g/mol. The Morgan fingerprint density at radius 2 is 2.10 bits per heavy atom. The van der Waals surface area contributed by atoms with Crippen molar-refractivity contribution in [2.75, 3.05) is 6.61 Å². The van der Waals surface area contributed by atoms with Crippen LogP contribution in [0.2, 0.25) is 5.15 Å². The van der Waals surface area contributed by atoms with E-state index >= 15 is 0 Å². The smallest absolute Gasteiger partial charge is 0.136 e. The average Bonchev–Trinajstić information content (AvgIpc) is 3.19. The van der Waals surface area contributed by atoms with Crippen molar-refractivity contribution < 1.29 is 4.74 Å². The highest BCUT2D eigenvalue weighted by atomic mass is 35.5. The van der Waals surface area contributed by atoms with Gasteiger partial charge >= 0.3 is 0 Å². The fraction of sp³-hybridized carbons (Fsp3) is 0.375. The Morgan fingerprint density at radius 1 is 1.25 bits per heavy atom. The molecule has 2 heterocycles. The quantitative estimate of drug-likeness (QED) is 0.785. The molecule has 1 aliphatic heterocycles. The first-order valence-corrected chi connectivity index (χ1v) is 7.40. The third-order valence-corrected chi connectivity index (χ3v) is 4.38. The van der Waals surface area contributed by atoms with E-state index in [1.54, 1.807) is 0 Å². The Kier molecular flexibility index (Phi) is 2.71. The van der Waals surface area contributed by atoms with Gasteiger partial charge < -0.3 is 4.74 Å². The molecule has 0 bridgehead atoms. The fourth-order valence-corrected chi connectivity index (χ4v) is 2.82. The molecule has 2 aliphatic rings. The molecule has 1 aromatic carbocycles. The molecule has 4 rings (SSSR count). The molecule has 1 aliphatic carbocycles. The maximum atomic E-state index is 6.28. The number of hydrogen-bond donors (Lipinski definition) is 0. The first-order chi connectivity index (χ1) is 9.72. The molecule has 0 unspecified atom stereocenters. The zero-order valence-corrected chi connectivity index (χ0v) is 12.1. The van der Waals surface area contributed by atoms with E-state index in [1.807, 2.05) is 13.0 Å². The molecule has 2 aromatic rings. The van der Waals surface area contributed by atoms with Crippen LogP contribution in [-0.4, -0.2) is 16.6 Å². The van der Waals surface area contributed by atoms with Gasteiger partial charge in [-0.3, -0.25) is 0 Å². The highest BCUT2D eigenvalue weighted by Crippen LogP contribution is 2.40. The van der Waals surface area contributed by atoms with Crippen LogP contribution in [0.1, 0.15) is 35.7 Å². The van der Waals surface area contributed by atoms with Crippen molar-refractivity contribution in [3.05, 3.63) is 40.3 Å². The van der Waals surface area contributed by atoms with Crippen molar-refractivity contribution >= 4 is 11.6 Å². The molecule has 0 amide bonds. The molecular weight excluding hydrogens is 272 g/mol. The van der Waals surface area contributed by atoms with Gasteiger partial charge in [0.25, 0.3) is 0 Å². The Hall–Kier alpha value is -1.61. The minimum absolute atomic E-state index is 0.504. The largest absolute Gasteiger partial charge is 0.493 e. The summed E-state index contributed by atoms with van der Waals surface area (Å²) in [5, 5.41) is 0.577. The van der Waals surface area contributed by atoms with E-state index in [0.717, 1.165) is 41.4 Å². The molecule has 1 saturated carbocycles. The summed E-state index contributed by atoms with van der Waals surface area (Å²) in [5.41, 5.74) is 4.28. The van der Waals surface area contributed by atoms with Crippen LogP contribution >= 0.6 is 11.6 Å². The Bertz CT molecular complexity index is 695. The van der Waals surface area contributed by atoms with E-state index < -0.39 is 0 Å². The van der Waals surface area contributed by atoms with Crippen LogP contribution in [0.15, 0.2) is 18.2 Å². The summed E-state index contributed by atoms with van der Waals surface area (Å²) < 4.78 is 5.56. The molecule has 102 valence electrons. The number of nitrogens with zero attached hydrogens (tertiary/aromatic N) is 2. The number of halogens is 1. The molecule has 0 N–H and O–H groups in total. The first-order valence-electron chi connectivity index (χ1n) is 7.02. The third kappa shape index (κ3) is 1.97. The first kappa shape index (κ1) is 12.2. The maximum Gasteiger partial charge on any atom is 0.136 e. The van der Waals surface area contributed by atoms with Crippen LogP contribution in [-0.2, 0) is 6.42 Å². The topological polar surface area (TPSA) is 35.0 Å². The minimum atomic E-state index is 0.504. The Labute approximate surface area is 123 Å². The molecule has 20 heavy (non-hydrogen) atoms. The normalized spacial score (nSPS) is 16.9. The SMILES string of the molecule is Cc1c(Cl)nc(C2CC2)nc1-c1ccc2c(c1)CCO2. The highest BCUT2D eigenvalue weighted by molar-refractivity contribution is 6.30. The second-order valence-corrected chi connectivity index (χ2v) is 5.90. The van der Waals surface area contributed by atoms with Gasteiger partial charge in [-0.15, -0.1) is 0 Å². The zero-order chi connectivity index (χ0) is 13.7. The Balaban J connectivity index is 1.84. The van der Waals surface area contributed by atoms with Gasteiger partial charge in [0.1, 0.15) is 16.7 Å². The van der Waals surface area contributed by atoms with Crippen LogP contribution in [0.5, 0.6) is 5.75 Å². The molecule has 3 nitrogen and oxygen atoms in total. The van der Waals surface area contributed by atoms with Crippen molar-refractivity contribution in [1.29, 1.82) is 0 Å². The number of fused-ring (bicyclic) bond motifs is 1.